The number of ether oxygens (including phenoxy) is 4. The number of furan rings is 1. The van der Waals surface area contributed by atoms with Crippen LogP contribution in [0.15, 0.2) is 47.0 Å². The number of carbonyl (C=O) groups excluding carboxylic acids is 2. The summed E-state index contributed by atoms with van der Waals surface area (Å²) in [6.45, 7) is 12.2. The molecule has 2 saturated heterocycles. The number of alkyl halides is 1. The lowest BCUT2D eigenvalue weighted by Gasteiger charge is -2.42. The first-order valence-corrected chi connectivity index (χ1v) is 18.8. The van der Waals surface area contributed by atoms with Crippen molar-refractivity contribution in [2.75, 3.05) is 37.7 Å². The molecule has 14 nitrogen and oxygen atoms in total. The molecule has 0 saturated carbocycles. The van der Waals surface area contributed by atoms with E-state index in [2.05, 4.69) is 4.98 Å². The third-order valence-electron chi connectivity index (χ3n) is 9.36. The van der Waals surface area contributed by atoms with Crippen LogP contribution in [0.1, 0.15) is 72.7 Å². The van der Waals surface area contributed by atoms with Gasteiger partial charge < -0.3 is 38.3 Å². The molecule has 0 unspecified atom stereocenters. The largest absolute Gasteiger partial charge is 0.480 e. The van der Waals surface area contributed by atoms with Crippen LogP contribution in [0.25, 0.3) is 28.1 Å². The van der Waals surface area contributed by atoms with Crippen molar-refractivity contribution in [3.8, 4) is 5.88 Å². The zero-order valence-electron chi connectivity index (χ0n) is 32.5. The summed E-state index contributed by atoms with van der Waals surface area (Å²) in [5.74, 6) is -1.72. The number of hydrogen-bond donors (Lipinski definition) is 1. The molecule has 2 aliphatic heterocycles. The monoisotopic (exact) mass is 795 g/mol. The van der Waals surface area contributed by atoms with E-state index in [0.717, 1.165) is 5.39 Å². The predicted molar refractivity (Wildman–Crippen MR) is 206 cm³/mol. The number of pyridine rings is 1. The number of carbonyl (C=O) groups is 3. The van der Waals surface area contributed by atoms with Crippen LogP contribution in [0.3, 0.4) is 0 Å². The van der Waals surface area contributed by atoms with Crippen molar-refractivity contribution in [3.63, 3.8) is 0 Å². The van der Waals surface area contributed by atoms with Crippen LogP contribution >= 0.6 is 11.6 Å². The number of piperidine rings is 1. The zero-order chi connectivity index (χ0) is 40.6. The number of likely N-dealkylation sites (tertiary alicyclic amines) is 1. The van der Waals surface area contributed by atoms with E-state index >= 15 is 4.39 Å². The van der Waals surface area contributed by atoms with Crippen LogP contribution in [0, 0.1) is 5.92 Å². The highest BCUT2D eigenvalue weighted by molar-refractivity contribution is 6.30. The summed E-state index contributed by atoms with van der Waals surface area (Å²) in [7, 11) is 0. The Morgan fingerprint density at radius 1 is 1.09 bits per heavy atom. The number of amides is 1. The predicted octanol–water partition coefficient (Wildman–Crippen LogP) is 7.35. The van der Waals surface area contributed by atoms with Crippen LogP contribution < -0.4 is 9.64 Å². The molecular formula is C40H47ClFN5O9. The molecule has 0 radical (unpaired) electrons. The average molecular weight is 796 g/mol. The van der Waals surface area contributed by atoms with E-state index in [-0.39, 0.29) is 61.4 Å². The van der Waals surface area contributed by atoms with E-state index < -0.39 is 59.6 Å². The number of benzene rings is 1. The van der Waals surface area contributed by atoms with Crippen molar-refractivity contribution in [2.24, 2.45) is 5.92 Å². The Kier molecular flexibility index (Phi) is 11.5. The summed E-state index contributed by atoms with van der Waals surface area (Å²) in [6.07, 6.45) is 3.42. The molecule has 300 valence electrons. The summed E-state index contributed by atoms with van der Waals surface area (Å²) in [5, 5.41) is 9.87. The number of carboxylic acid groups (broad SMARTS) is 1. The van der Waals surface area contributed by atoms with Gasteiger partial charge in [-0.05, 0) is 65.8 Å². The second kappa shape index (κ2) is 15.8. The highest BCUT2D eigenvalue weighted by atomic mass is 35.5. The van der Waals surface area contributed by atoms with Gasteiger partial charge in [0.15, 0.2) is 17.2 Å². The highest BCUT2D eigenvalue weighted by Gasteiger charge is 2.48. The molecule has 5 heterocycles. The number of aromatic nitrogens is 3. The van der Waals surface area contributed by atoms with Crippen molar-refractivity contribution in [1.82, 2.24) is 19.9 Å². The number of fused-ring (bicyclic) bond motifs is 3. The maximum Gasteiger partial charge on any atom is 0.410 e. The zero-order valence-corrected chi connectivity index (χ0v) is 33.3. The number of para-hydroxylation sites is 1. The molecule has 2 aliphatic rings. The van der Waals surface area contributed by atoms with Gasteiger partial charge in [0.05, 0.1) is 23.7 Å². The van der Waals surface area contributed by atoms with Crippen LogP contribution in [-0.4, -0.2) is 99.2 Å². The number of nitrogens with zero attached hydrogens (tertiary/aromatic N) is 5. The molecule has 16 heteroatoms. The van der Waals surface area contributed by atoms with E-state index in [1.807, 2.05) is 18.2 Å². The van der Waals surface area contributed by atoms with E-state index in [1.165, 1.54) is 17.2 Å². The highest BCUT2D eigenvalue weighted by Crippen LogP contribution is 2.46. The Balaban J connectivity index is 1.34. The van der Waals surface area contributed by atoms with Crippen molar-refractivity contribution in [2.45, 2.75) is 90.3 Å². The van der Waals surface area contributed by atoms with Crippen LogP contribution in [-0.2, 0) is 29.5 Å². The fourth-order valence-corrected chi connectivity index (χ4v) is 7.08. The smallest absolute Gasteiger partial charge is 0.410 e. The molecule has 4 aromatic rings. The van der Waals surface area contributed by atoms with Gasteiger partial charge in [0.2, 0.25) is 5.88 Å². The van der Waals surface area contributed by atoms with E-state index in [0.29, 0.717) is 22.5 Å². The van der Waals surface area contributed by atoms with Crippen molar-refractivity contribution < 1.29 is 47.2 Å². The lowest BCUT2D eigenvalue weighted by Crippen LogP contribution is -2.50. The minimum Gasteiger partial charge on any atom is -0.480 e. The Bertz CT molecular complexity index is 2150. The standard InChI is InChI=1S/C40H47ClFN5O9/c1-23-20-46(37(51)56-39(5,6)7)15-14-40(23,42)27-17-24(41)19-43-35(27)53-25-18-28(36(50)55-38(2,3)4)47(21-25)34-33-32(26-11-8-9-12-29(26)54-33)44-30(45-34)13-10-16-52-22-31(48)49/h8-13,17,19,23,25,28H,14-16,18,20-22H2,1-7H3,(H,48,49)/t23-,25-,28-,40+/m0/s1. The first-order chi connectivity index (χ1) is 26.3. The normalized spacial score (nSPS) is 21.9. The molecule has 6 rings (SSSR count). The molecule has 1 amide bonds. The summed E-state index contributed by atoms with van der Waals surface area (Å²) < 4.78 is 46.7. The third-order valence-corrected chi connectivity index (χ3v) is 9.56. The molecule has 1 aromatic carbocycles. The molecule has 56 heavy (non-hydrogen) atoms. The van der Waals surface area contributed by atoms with Gasteiger partial charge in [0, 0.05) is 43.4 Å². The molecule has 2 fully saturated rings. The Hall–Kier alpha value is -5.02. The molecule has 0 spiro atoms. The molecule has 1 N–H and O–H groups in total. The van der Waals surface area contributed by atoms with Gasteiger partial charge in [-0.1, -0.05) is 36.7 Å². The first-order valence-electron chi connectivity index (χ1n) is 18.5. The Labute approximate surface area is 328 Å². The second-order valence-corrected chi connectivity index (χ2v) is 16.6. The van der Waals surface area contributed by atoms with Crippen LogP contribution in [0.4, 0.5) is 15.0 Å². The first kappa shape index (κ1) is 40.6. The fourth-order valence-electron chi connectivity index (χ4n) is 6.92. The van der Waals surface area contributed by atoms with Gasteiger partial charge in [0.1, 0.15) is 46.7 Å². The third kappa shape index (κ3) is 9.15. The van der Waals surface area contributed by atoms with Crippen LogP contribution in [0.5, 0.6) is 5.88 Å². The topological polar surface area (TPSA) is 167 Å². The number of hydrogen-bond acceptors (Lipinski definition) is 12. The van der Waals surface area contributed by atoms with Gasteiger partial charge in [-0.15, -0.1) is 0 Å². The number of anilines is 1. The lowest BCUT2D eigenvalue weighted by atomic mass is 9.79. The SMILES string of the molecule is C[C@H]1CN(C(=O)OC(C)(C)C)CC[C@]1(F)c1cc(Cl)cnc1O[C@H]1C[C@@H](C(=O)OC(C)(C)C)N(c2nc(C=CCOCC(=O)O)nc3c2oc2ccccc23)C1. The summed E-state index contributed by atoms with van der Waals surface area (Å²) >= 11 is 6.41. The average Bonchev–Trinajstić information content (AvgIpc) is 3.70. The maximum absolute atomic E-state index is 17.3. The fraction of sp³-hybridized carbons (Fsp3) is 0.500. The molecule has 0 aliphatic carbocycles. The van der Waals surface area contributed by atoms with Gasteiger partial charge in [-0.25, -0.2) is 33.7 Å². The van der Waals surface area contributed by atoms with E-state index in [4.69, 9.17) is 50.0 Å². The molecule has 4 atom stereocenters. The lowest BCUT2D eigenvalue weighted by molar-refractivity contribution is -0.156. The van der Waals surface area contributed by atoms with Gasteiger partial charge in [-0.2, -0.15) is 0 Å². The number of carboxylic acids is 1. The summed E-state index contributed by atoms with van der Waals surface area (Å²) in [6, 6.07) is 7.95. The van der Waals surface area contributed by atoms with Gasteiger partial charge >= 0.3 is 18.0 Å². The van der Waals surface area contributed by atoms with E-state index in [1.54, 1.807) is 71.6 Å². The minimum absolute atomic E-state index is 0.000529. The van der Waals surface area contributed by atoms with Crippen molar-refractivity contribution in [1.29, 1.82) is 0 Å². The van der Waals surface area contributed by atoms with Crippen LogP contribution in [0.2, 0.25) is 5.02 Å². The molecule has 0 bridgehead atoms. The second-order valence-electron chi connectivity index (χ2n) is 16.1. The van der Waals surface area contributed by atoms with Gasteiger partial charge in [0.25, 0.3) is 0 Å². The van der Waals surface area contributed by atoms with Crippen molar-refractivity contribution >= 4 is 63.6 Å². The quantitative estimate of drug-likeness (QED) is 0.125. The Morgan fingerprint density at radius 3 is 2.52 bits per heavy atom. The maximum atomic E-state index is 17.3. The number of aliphatic carboxylic acids is 1. The summed E-state index contributed by atoms with van der Waals surface area (Å²) in [4.78, 5) is 55.0. The van der Waals surface area contributed by atoms with E-state index in [9.17, 15) is 14.4 Å². The number of rotatable bonds is 10. The number of esters is 1. The Morgan fingerprint density at radius 2 is 1.82 bits per heavy atom. The minimum atomic E-state index is -1.96. The van der Waals surface area contributed by atoms with Crippen molar-refractivity contribution in [3.05, 3.63) is 59.0 Å². The van der Waals surface area contributed by atoms with Gasteiger partial charge in [-0.3, -0.25) is 0 Å². The number of halogens is 2. The molecular weight excluding hydrogens is 749 g/mol. The summed E-state index contributed by atoms with van der Waals surface area (Å²) in [5.41, 5.74) is -1.95. The molecule has 3 aromatic heterocycles.